The van der Waals surface area contributed by atoms with Gasteiger partial charge in [-0.15, -0.1) is 0 Å². The Morgan fingerprint density at radius 1 is 0.667 bits per heavy atom. The molecule has 7 heteroatoms. The first-order valence-electron chi connectivity index (χ1n) is 10.1. The molecule has 0 unspecified atom stereocenters. The van der Waals surface area contributed by atoms with Crippen LogP contribution in [0.3, 0.4) is 0 Å². The van der Waals surface area contributed by atoms with Gasteiger partial charge in [0.15, 0.2) is 0 Å². The van der Waals surface area contributed by atoms with Crippen molar-refractivity contribution in [2.75, 3.05) is 23.0 Å². The van der Waals surface area contributed by atoms with Crippen LogP contribution in [0.15, 0.2) is 0 Å². The van der Waals surface area contributed by atoms with Crippen molar-refractivity contribution in [1.29, 1.82) is 0 Å². The fourth-order valence-corrected chi connectivity index (χ4v) is 3.36. The number of carboxylic acid groups (broad SMARTS) is 2. The SMILES string of the molecule is CCCCCCCSCC(=O)[O-].CCCCCCCSCC(=O)[O-].[CH3][Sn+2][CH3]. The predicted octanol–water partition coefficient (Wildman–Crippen LogP) is 3.67. The van der Waals surface area contributed by atoms with Crippen LogP contribution in [0.25, 0.3) is 0 Å². The van der Waals surface area contributed by atoms with Crippen LogP contribution >= 0.6 is 23.5 Å². The maximum absolute atomic E-state index is 10.0. The fourth-order valence-electron chi connectivity index (χ4n) is 1.93. The summed E-state index contributed by atoms with van der Waals surface area (Å²) in [5, 5.41) is 20.0. The number of aliphatic carboxylic acids is 2. The molecule has 0 saturated heterocycles. The summed E-state index contributed by atoms with van der Waals surface area (Å²) in [5.41, 5.74) is 0. The minimum absolute atomic E-state index is 0.147. The molecule has 0 bridgehead atoms. The van der Waals surface area contributed by atoms with Crippen molar-refractivity contribution in [1.82, 2.24) is 0 Å². The van der Waals surface area contributed by atoms with Crippen molar-refractivity contribution in [3.8, 4) is 0 Å². The Hall–Kier alpha value is 0.439. The molecule has 0 atom stereocenters. The molecule has 0 aromatic carbocycles. The topological polar surface area (TPSA) is 80.3 Å². The summed E-state index contributed by atoms with van der Waals surface area (Å²) in [6.45, 7) is 4.37. The Labute approximate surface area is 186 Å². The van der Waals surface area contributed by atoms with Gasteiger partial charge in [-0.2, -0.15) is 23.5 Å². The molecule has 0 heterocycles. The van der Waals surface area contributed by atoms with E-state index in [1.165, 1.54) is 74.9 Å². The molecule has 0 radical (unpaired) electrons. The van der Waals surface area contributed by atoms with E-state index in [-0.39, 0.29) is 32.6 Å². The van der Waals surface area contributed by atoms with Gasteiger partial charge in [0, 0.05) is 11.5 Å². The molecule has 0 aromatic rings. The van der Waals surface area contributed by atoms with Gasteiger partial charge in [0.2, 0.25) is 0 Å². The fraction of sp³-hybridized carbons (Fsp3) is 0.900. The number of thioether (sulfide) groups is 2. The van der Waals surface area contributed by atoms with Gasteiger partial charge < -0.3 is 19.8 Å². The van der Waals surface area contributed by atoms with Gasteiger partial charge in [0.05, 0.1) is 11.9 Å². The average molecular weight is 527 g/mol. The molecule has 4 nitrogen and oxygen atoms in total. The minimum atomic E-state index is -0.950. The Morgan fingerprint density at radius 2 is 0.963 bits per heavy atom. The van der Waals surface area contributed by atoms with Gasteiger partial charge in [-0.1, -0.05) is 65.2 Å². The van der Waals surface area contributed by atoms with E-state index in [0.717, 1.165) is 24.3 Å². The number of hydrogen-bond donors (Lipinski definition) is 0. The molecule has 0 N–H and O–H groups in total. The van der Waals surface area contributed by atoms with Crippen molar-refractivity contribution in [2.24, 2.45) is 0 Å². The Kier molecular flexibility index (Phi) is 37.0. The van der Waals surface area contributed by atoms with E-state index in [4.69, 9.17) is 0 Å². The molecule has 160 valence electrons. The van der Waals surface area contributed by atoms with Crippen LogP contribution in [0.1, 0.15) is 78.1 Å². The summed E-state index contributed by atoms with van der Waals surface area (Å²) in [6, 6.07) is 0. The maximum atomic E-state index is 10.0. The number of unbranched alkanes of at least 4 members (excludes halogenated alkanes) is 8. The molecule has 27 heavy (non-hydrogen) atoms. The number of hydrogen-bond acceptors (Lipinski definition) is 6. The third-order valence-electron chi connectivity index (χ3n) is 3.22. The summed E-state index contributed by atoms with van der Waals surface area (Å²) in [4.78, 5) is 24.6. The third-order valence-corrected chi connectivity index (χ3v) is 5.26. The zero-order valence-electron chi connectivity index (χ0n) is 17.8. The molecule has 0 fully saturated rings. The number of carboxylic acids is 2. The van der Waals surface area contributed by atoms with E-state index in [2.05, 4.69) is 23.7 Å². The van der Waals surface area contributed by atoms with Crippen molar-refractivity contribution in [2.45, 2.75) is 87.9 Å². The van der Waals surface area contributed by atoms with Gasteiger partial charge >= 0.3 is 31.0 Å². The molecule has 0 spiro atoms. The molecule has 0 aliphatic heterocycles. The molecule has 0 aliphatic rings. The van der Waals surface area contributed by atoms with Crippen molar-refractivity contribution in [3.63, 3.8) is 0 Å². The van der Waals surface area contributed by atoms with Gasteiger partial charge in [0.1, 0.15) is 0 Å². The zero-order chi connectivity index (χ0) is 21.2. The van der Waals surface area contributed by atoms with Crippen molar-refractivity contribution in [3.05, 3.63) is 0 Å². The second-order valence-corrected chi connectivity index (χ2v) is 11.2. The van der Waals surface area contributed by atoms with E-state index in [1.807, 2.05) is 0 Å². The molecular weight excluding hydrogens is 487 g/mol. The third kappa shape index (κ3) is 46.4. The Bertz CT molecular complexity index is 278. The quantitative estimate of drug-likeness (QED) is 0.225. The van der Waals surface area contributed by atoms with Crippen LogP contribution in [0.5, 0.6) is 0 Å². The van der Waals surface area contributed by atoms with Crippen LogP contribution < -0.4 is 10.2 Å². The predicted molar refractivity (Wildman–Crippen MR) is 120 cm³/mol. The van der Waals surface area contributed by atoms with E-state index in [9.17, 15) is 19.8 Å². The Morgan fingerprint density at radius 3 is 1.22 bits per heavy atom. The van der Waals surface area contributed by atoms with E-state index >= 15 is 0 Å². The zero-order valence-corrected chi connectivity index (χ0v) is 22.3. The summed E-state index contributed by atoms with van der Waals surface area (Å²) in [7, 11) is 0. The first-order valence-corrected chi connectivity index (χ1v) is 18.1. The van der Waals surface area contributed by atoms with E-state index in [1.54, 1.807) is 0 Å². The van der Waals surface area contributed by atoms with Crippen LogP contribution in [0.2, 0.25) is 9.88 Å². The number of carbonyl (C=O) groups is 2. The standard InChI is InChI=1S/2C9H18O2S.2CH3.Sn/c2*1-2-3-4-5-6-7-12-8-9(10)11;;;/h2*2-8H2,1H3,(H,10,11);2*1H3;/q;;;;+2/p-2. The van der Waals surface area contributed by atoms with Gasteiger partial charge in [-0.25, -0.2) is 0 Å². The van der Waals surface area contributed by atoms with E-state index in [0.29, 0.717) is 0 Å². The van der Waals surface area contributed by atoms with Gasteiger partial charge in [-0.3, -0.25) is 0 Å². The summed E-state index contributed by atoms with van der Waals surface area (Å²) >= 11 is 3.14. The molecule has 0 rings (SSSR count). The van der Waals surface area contributed by atoms with Crippen LogP contribution in [-0.4, -0.2) is 56.1 Å². The molecule has 0 saturated carbocycles. The van der Waals surface area contributed by atoms with Crippen molar-refractivity contribution < 1.29 is 19.8 Å². The Balaban J connectivity index is -0.000000372. The summed E-state index contributed by atoms with van der Waals surface area (Å²) in [5.74, 6) is 0.304. The van der Waals surface area contributed by atoms with Gasteiger partial charge in [-0.05, 0) is 24.3 Å². The second kappa shape index (κ2) is 31.1. The number of rotatable bonds is 16. The van der Waals surface area contributed by atoms with Crippen LogP contribution in [0.4, 0.5) is 0 Å². The molecule has 0 aliphatic carbocycles. The summed E-state index contributed by atoms with van der Waals surface area (Å²) in [6.07, 6.45) is 12.4. The molecular formula is C20H40O4S2Sn. The first kappa shape index (κ1) is 32.1. The molecule has 0 aromatic heterocycles. The first-order chi connectivity index (χ1) is 13.0. The normalized spacial score (nSPS) is 9.33. The number of carbonyl (C=O) groups excluding carboxylic acids is 2. The van der Waals surface area contributed by atoms with Crippen LogP contribution in [0, 0.1) is 0 Å². The monoisotopic (exact) mass is 528 g/mol. The van der Waals surface area contributed by atoms with Crippen molar-refractivity contribution >= 4 is 56.6 Å². The van der Waals surface area contributed by atoms with E-state index < -0.39 is 11.9 Å². The molecule has 0 amide bonds. The summed E-state index contributed by atoms with van der Waals surface area (Å²) < 4.78 is 0. The second-order valence-electron chi connectivity index (χ2n) is 6.18. The van der Waals surface area contributed by atoms with Gasteiger partial charge in [0.25, 0.3) is 0 Å². The average Bonchev–Trinajstić information content (AvgIpc) is 2.61. The van der Waals surface area contributed by atoms with Crippen LogP contribution in [-0.2, 0) is 9.59 Å².